The fraction of sp³-hybridized carbons (Fsp3) is 0.471. The molecule has 3 amide bonds. The number of esters is 1. The van der Waals surface area contributed by atoms with Crippen molar-refractivity contribution in [2.75, 3.05) is 6.54 Å². The second-order valence-corrected chi connectivity index (χ2v) is 8.09. The van der Waals surface area contributed by atoms with E-state index in [4.69, 9.17) is 4.74 Å². The molecule has 0 aliphatic rings. The number of hydrogen-bond donors (Lipinski definition) is 3. The Morgan fingerprint density at radius 1 is 1.07 bits per heavy atom. The van der Waals surface area contributed by atoms with Crippen molar-refractivity contribution in [3.05, 3.63) is 29.3 Å². The highest BCUT2D eigenvalue weighted by Crippen LogP contribution is 2.14. The molecule has 0 aliphatic carbocycles. The van der Waals surface area contributed by atoms with Crippen LogP contribution in [0.3, 0.4) is 0 Å². The number of imide groups is 1. The summed E-state index contributed by atoms with van der Waals surface area (Å²) in [4.78, 5) is 35.0. The molecule has 0 heterocycles. The summed E-state index contributed by atoms with van der Waals surface area (Å²) in [5, 5.41) is 4.47. The maximum Gasteiger partial charge on any atom is 0.321 e. The molecule has 1 atom stereocenters. The zero-order valence-corrected chi connectivity index (χ0v) is 16.8. The summed E-state index contributed by atoms with van der Waals surface area (Å²) in [6.45, 7) is 7.69. The van der Waals surface area contributed by atoms with Crippen LogP contribution in [0.2, 0.25) is 0 Å². The van der Waals surface area contributed by atoms with Crippen LogP contribution in [0, 0.1) is 13.8 Å². The van der Waals surface area contributed by atoms with E-state index >= 15 is 0 Å². The van der Waals surface area contributed by atoms with Gasteiger partial charge in [-0.2, -0.15) is 4.72 Å². The molecule has 0 saturated carbocycles. The van der Waals surface area contributed by atoms with Gasteiger partial charge in [-0.25, -0.2) is 13.2 Å². The molecule has 150 valence electrons. The van der Waals surface area contributed by atoms with E-state index in [2.05, 4.69) is 10.0 Å². The second-order valence-electron chi connectivity index (χ2n) is 6.32. The van der Waals surface area contributed by atoms with Gasteiger partial charge in [0.2, 0.25) is 10.0 Å². The molecule has 0 fully saturated rings. The molecule has 0 saturated heterocycles. The van der Waals surface area contributed by atoms with Gasteiger partial charge in [0.25, 0.3) is 5.91 Å². The standard InChI is InChI=1S/C17H25N3O6S/c1-10(2)19-17(23)20-16(22)13(5)26-15(21)9-18-27(24,25)14-7-6-11(3)12(4)8-14/h6-8,10,13,18H,9H2,1-5H3,(H2,19,20,22,23)/t13-/m0/s1. The number of hydrogen-bond acceptors (Lipinski definition) is 6. The molecular weight excluding hydrogens is 374 g/mol. The predicted octanol–water partition coefficient (Wildman–Crippen LogP) is 0.748. The molecule has 0 aromatic heterocycles. The van der Waals surface area contributed by atoms with Gasteiger partial charge in [-0.15, -0.1) is 0 Å². The van der Waals surface area contributed by atoms with E-state index in [0.29, 0.717) is 0 Å². The van der Waals surface area contributed by atoms with Crippen molar-refractivity contribution in [1.29, 1.82) is 0 Å². The normalized spacial score (nSPS) is 12.4. The summed E-state index contributed by atoms with van der Waals surface area (Å²) < 4.78 is 31.4. The Kier molecular flexibility index (Phi) is 7.92. The minimum atomic E-state index is -3.90. The number of nitrogens with one attached hydrogen (secondary N) is 3. The lowest BCUT2D eigenvalue weighted by molar-refractivity contribution is -0.153. The van der Waals surface area contributed by atoms with Crippen LogP contribution in [0.15, 0.2) is 23.1 Å². The van der Waals surface area contributed by atoms with Crippen LogP contribution >= 0.6 is 0 Å². The molecule has 27 heavy (non-hydrogen) atoms. The van der Waals surface area contributed by atoms with Crippen molar-refractivity contribution in [3.63, 3.8) is 0 Å². The van der Waals surface area contributed by atoms with Crippen LogP contribution in [0.1, 0.15) is 31.9 Å². The van der Waals surface area contributed by atoms with E-state index in [1.807, 2.05) is 12.2 Å². The topological polar surface area (TPSA) is 131 Å². The Morgan fingerprint density at radius 2 is 1.70 bits per heavy atom. The third-order valence-corrected chi connectivity index (χ3v) is 4.93. The number of benzene rings is 1. The molecule has 0 aliphatic heterocycles. The molecule has 1 rings (SSSR count). The quantitative estimate of drug-likeness (QED) is 0.580. The van der Waals surface area contributed by atoms with Gasteiger partial charge < -0.3 is 10.1 Å². The monoisotopic (exact) mass is 399 g/mol. The first-order valence-electron chi connectivity index (χ1n) is 8.30. The van der Waals surface area contributed by atoms with E-state index in [-0.39, 0.29) is 10.9 Å². The average molecular weight is 399 g/mol. The number of ether oxygens (including phenoxy) is 1. The molecule has 0 unspecified atom stereocenters. The van der Waals surface area contributed by atoms with Gasteiger partial charge in [-0.05, 0) is 57.9 Å². The molecule has 0 bridgehead atoms. The lowest BCUT2D eigenvalue weighted by Crippen LogP contribution is -2.47. The average Bonchev–Trinajstić information content (AvgIpc) is 2.54. The smallest absolute Gasteiger partial charge is 0.321 e. The van der Waals surface area contributed by atoms with Crippen molar-refractivity contribution in [2.45, 2.75) is 51.7 Å². The van der Waals surface area contributed by atoms with Crippen molar-refractivity contribution in [1.82, 2.24) is 15.4 Å². The number of rotatable bonds is 7. The van der Waals surface area contributed by atoms with Gasteiger partial charge in [-0.3, -0.25) is 14.9 Å². The van der Waals surface area contributed by atoms with Crippen LogP contribution in [0.25, 0.3) is 0 Å². The number of amides is 3. The second kappa shape index (κ2) is 9.47. The summed E-state index contributed by atoms with van der Waals surface area (Å²) in [6.07, 6.45) is -1.26. The number of carbonyl (C=O) groups excluding carboxylic acids is 3. The SMILES string of the molecule is Cc1ccc(S(=O)(=O)NCC(=O)O[C@@H](C)C(=O)NC(=O)NC(C)C)cc1C. The fourth-order valence-corrected chi connectivity index (χ4v) is 2.98. The minimum Gasteiger partial charge on any atom is -0.452 e. The number of aryl methyl sites for hydroxylation is 2. The molecule has 1 aromatic rings. The lowest BCUT2D eigenvalue weighted by atomic mass is 10.1. The van der Waals surface area contributed by atoms with Crippen LogP contribution in [-0.2, 0) is 24.3 Å². The Balaban J connectivity index is 2.57. The van der Waals surface area contributed by atoms with Crippen molar-refractivity contribution < 1.29 is 27.5 Å². The first-order valence-corrected chi connectivity index (χ1v) is 9.78. The molecule has 3 N–H and O–H groups in total. The van der Waals surface area contributed by atoms with Crippen LogP contribution in [0.4, 0.5) is 4.79 Å². The third-order valence-electron chi connectivity index (χ3n) is 3.53. The maximum atomic E-state index is 12.2. The molecule has 0 radical (unpaired) electrons. The molecular formula is C17H25N3O6S. The van der Waals surface area contributed by atoms with E-state index in [1.54, 1.807) is 26.8 Å². The van der Waals surface area contributed by atoms with Gasteiger partial charge >= 0.3 is 12.0 Å². The third kappa shape index (κ3) is 7.35. The Morgan fingerprint density at radius 3 is 2.26 bits per heavy atom. The van der Waals surface area contributed by atoms with Crippen molar-refractivity contribution in [2.24, 2.45) is 0 Å². The van der Waals surface area contributed by atoms with Crippen molar-refractivity contribution in [3.8, 4) is 0 Å². The summed E-state index contributed by atoms with van der Waals surface area (Å²) in [5.74, 6) is -1.77. The summed E-state index contributed by atoms with van der Waals surface area (Å²) in [5.41, 5.74) is 1.74. The van der Waals surface area contributed by atoms with Crippen LogP contribution in [-0.4, -0.2) is 45.0 Å². The van der Waals surface area contributed by atoms with Gasteiger partial charge in [0, 0.05) is 6.04 Å². The van der Waals surface area contributed by atoms with Gasteiger partial charge in [0.1, 0.15) is 6.54 Å². The summed E-state index contributed by atoms with van der Waals surface area (Å²) in [7, 11) is -3.90. The van der Waals surface area contributed by atoms with E-state index in [9.17, 15) is 22.8 Å². The van der Waals surface area contributed by atoms with E-state index in [0.717, 1.165) is 11.1 Å². The Labute approximate surface area is 158 Å². The first kappa shape index (κ1) is 22.6. The lowest BCUT2D eigenvalue weighted by Gasteiger charge is -2.14. The van der Waals surface area contributed by atoms with Gasteiger partial charge in [0.15, 0.2) is 6.10 Å². The maximum absolute atomic E-state index is 12.2. The van der Waals surface area contributed by atoms with E-state index < -0.39 is 40.6 Å². The molecule has 9 nitrogen and oxygen atoms in total. The van der Waals surface area contributed by atoms with Crippen molar-refractivity contribution >= 4 is 27.9 Å². The molecule has 1 aromatic carbocycles. The minimum absolute atomic E-state index is 0.0227. The van der Waals surface area contributed by atoms with Crippen LogP contribution < -0.4 is 15.4 Å². The van der Waals surface area contributed by atoms with E-state index in [1.165, 1.54) is 19.1 Å². The fourth-order valence-electron chi connectivity index (χ4n) is 1.92. The highest BCUT2D eigenvalue weighted by molar-refractivity contribution is 7.89. The Hall–Kier alpha value is -2.46. The first-order chi connectivity index (χ1) is 12.4. The summed E-state index contributed by atoms with van der Waals surface area (Å²) >= 11 is 0. The predicted molar refractivity (Wildman–Crippen MR) is 98.5 cm³/mol. The summed E-state index contributed by atoms with van der Waals surface area (Å²) in [6, 6.07) is 3.70. The van der Waals surface area contributed by atoms with Gasteiger partial charge in [-0.1, -0.05) is 6.07 Å². The number of sulfonamides is 1. The molecule has 10 heteroatoms. The van der Waals surface area contributed by atoms with Crippen LogP contribution in [0.5, 0.6) is 0 Å². The highest BCUT2D eigenvalue weighted by atomic mass is 32.2. The zero-order valence-electron chi connectivity index (χ0n) is 16.0. The zero-order chi connectivity index (χ0) is 20.8. The molecule has 0 spiro atoms. The number of urea groups is 1. The number of carbonyl (C=O) groups is 3. The van der Waals surface area contributed by atoms with Gasteiger partial charge in [0.05, 0.1) is 4.90 Å². The highest BCUT2D eigenvalue weighted by Gasteiger charge is 2.22. The Bertz CT molecular complexity index is 820. The largest absolute Gasteiger partial charge is 0.452 e.